The average molecular weight is 593 g/mol. The third-order valence-corrected chi connectivity index (χ3v) is 8.60. The number of primary amides is 1. The number of nitrogens with one attached hydrogen (secondary N) is 4. The first-order valence-electron chi connectivity index (χ1n) is 15.1. The maximum atomic E-state index is 14.2. The number of amides is 5. The number of ether oxygens (including phenoxy) is 1. The van der Waals surface area contributed by atoms with Gasteiger partial charge in [-0.2, -0.15) is 0 Å². The number of carbonyl (C=O) groups excluding carboxylic acids is 4. The summed E-state index contributed by atoms with van der Waals surface area (Å²) in [6, 6.07) is 14.7. The first-order valence-corrected chi connectivity index (χ1v) is 15.1. The topological polar surface area (TPSA) is 155 Å². The Hall–Kier alpha value is -4.12. The van der Waals surface area contributed by atoms with Crippen LogP contribution in [0.3, 0.4) is 0 Å². The zero-order valence-corrected chi connectivity index (χ0v) is 25.0. The smallest absolute Gasteiger partial charge is 0.312 e. The number of likely N-dealkylation sites (N-methyl/N-ethyl adjacent to an activating group) is 1. The minimum atomic E-state index is -0.827. The van der Waals surface area contributed by atoms with E-state index in [0.29, 0.717) is 51.6 Å². The number of benzene rings is 2. The number of hydrogen-bond donors (Lipinski definition) is 5. The molecular formula is C32H44N6O5. The van der Waals surface area contributed by atoms with Gasteiger partial charge in [0.25, 0.3) is 0 Å². The lowest BCUT2D eigenvalue weighted by molar-refractivity contribution is -0.143. The highest BCUT2D eigenvalue weighted by Gasteiger charge is 2.47. The minimum absolute atomic E-state index is 0.0808. The molecule has 2 aromatic rings. The Balaban J connectivity index is 1.46. The van der Waals surface area contributed by atoms with Gasteiger partial charge in [0.2, 0.25) is 17.7 Å². The van der Waals surface area contributed by atoms with E-state index < -0.39 is 24.2 Å². The number of fused-ring (bicyclic) bond motifs is 1. The van der Waals surface area contributed by atoms with E-state index in [9.17, 15) is 19.2 Å². The number of hydrogen-bond acceptors (Lipinski definition) is 6. The molecular weight excluding hydrogens is 548 g/mol. The number of carbonyl (C=O) groups is 4. The summed E-state index contributed by atoms with van der Waals surface area (Å²) in [5.74, 6) is -0.156. The van der Waals surface area contributed by atoms with Gasteiger partial charge >= 0.3 is 6.03 Å². The summed E-state index contributed by atoms with van der Waals surface area (Å²) >= 11 is 0. The molecule has 2 heterocycles. The summed E-state index contributed by atoms with van der Waals surface area (Å²) in [6.45, 7) is 0.734. The third kappa shape index (κ3) is 8.47. The van der Waals surface area contributed by atoms with Crippen LogP contribution in [0.2, 0.25) is 0 Å². The summed E-state index contributed by atoms with van der Waals surface area (Å²) in [4.78, 5) is 54.1. The van der Waals surface area contributed by atoms with Crippen molar-refractivity contribution in [3.63, 3.8) is 0 Å². The highest BCUT2D eigenvalue weighted by atomic mass is 16.5. The number of nitrogens with two attached hydrogens (primary N) is 1. The van der Waals surface area contributed by atoms with Gasteiger partial charge in [-0.1, -0.05) is 42.5 Å². The minimum Gasteiger partial charge on any atom is -0.497 e. The predicted molar refractivity (Wildman–Crippen MR) is 163 cm³/mol. The van der Waals surface area contributed by atoms with Crippen molar-refractivity contribution in [2.24, 2.45) is 11.7 Å². The third-order valence-electron chi connectivity index (χ3n) is 8.60. The van der Waals surface area contributed by atoms with Crippen LogP contribution >= 0.6 is 0 Å². The van der Waals surface area contributed by atoms with Crippen molar-refractivity contribution in [1.82, 2.24) is 26.2 Å². The van der Waals surface area contributed by atoms with Crippen LogP contribution < -0.4 is 31.7 Å². The van der Waals surface area contributed by atoms with Gasteiger partial charge in [-0.15, -0.1) is 0 Å². The lowest BCUT2D eigenvalue weighted by Gasteiger charge is -2.33. The van der Waals surface area contributed by atoms with Crippen LogP contribution in [0.25, 0.3) is 0 Å². The lowest BCUT2D eigenvalue weighted by Crippen LogP contribution is -2.58. The first-order chi connectivity index (χ1) is 20.8. The summed E-state index contributed by atoms with van der Waals surface area (Å²) < 4.78 is 5.21. The fourth-order valence-electron chi connectivity index (χ4n) is 6.23. The fourth-order valence-corrected chi connectivity index (χ4v) is 6.23. The van der Waals surface area contributed by atoms with Gasteiger partial charge < -0.3 is 36.6 Å². The second-order valence-electron chi connectivity index (χ2n) is 11.3. The van der Waals surface area contributed by atoms with E-state index in [1.54, 1.807) is 19.1 Å². The van der Waals surface area contributed by atoms with Gasteiger partial charge in [-0.05, 0) is 81.2 Å². The Morgan fingerprint density at radius 1 is 0.953 bits per heavy atom. The van der Waals surface area contributed by atoms with Crippen LogP contribution in [0.4, 0.5) is 4.79 Å². The maximum Gasteiger partial charge on any atom is 0.312 e. The summed E-state index contributed by atoms with van der Waals surface area (Å²) in [7, 11) is 3.34. The van der Waals surface area contributed by atoms with Crippen LogP contribution in [0.15, 0.2) is 54.6 Å². The van der Waals surface area contributed by atoms with Gasteiger partial charge in [-0.25, -0.2) is 4.79 Å². The van der Waals surface area contributed by atoms with Gasteiger partial charge in [-0.3, -0.25) is 14.4 Å². The van der Waals surface area contributed by atoms with Gasteiger partial charge in [0.15, 0.2) is 0 Å². The van der Waals surface area contributed by atoms with Crippen molar-refractivity contribution in [2.45, 2.75) is 69.1 Å². The second-order valence-corrected chi connectivity index (χ2v) is 11.3. The van der Waals surface area contributed by atoms with Crippen LogP contribution in [0, 0.1) is 5.92 Å². The Kier molecular flexibility index (Phi) is 11.4. The van der Waals surface area contributed by atoms with Crippen LogP contribution in [-0.4, -0.2) is 80.1 Å². The highest BCUT2D eigenvalue weighted by Crippen LogP contribution is 2.35. The van der Waals surface area contributed by atoms with E-state index in [0.717, 1.165) is 23.3 Å². The molecule has 0 aromatic heterocycles. The molecule has 4 rings (SSSR count). The molecule has 2 aliphatic heterocycles. The molecule has 0 radical (unpaired) electrons. The fraction of sp³-hybridized carbons (Fsp3) is 0.500. The number of methoxy groups -OCH3 is 1. The van der Waals surface area contributed by atoms with E-state index in [2.05, 4.69) is 21.3 Å². The molecule has 2 saturated heterocycles. The standard InChI is InChI=1S/C32H44N6O5/c1-34-26(20-22-6-4-3-5-7-22)29(39)37-28-23(17-19-36-32(33)42)10-11-24-12-15-27(38(24)31(28)41)30(40)35-18-16-21-8-13-25(43-2)14-9-21/h3-9,13-14,23-24,26-28,34H,10-12,15-20H2,1-2H3,(H,35,40)(H,37,39)(H3,33,36,42)/t23-,24?,26-,27+,28+/m1/s1. The van der Waals surface area contributed by atoms with E-state index in [1.165, 1.54) is 0 Å². The SMILES string of the molecule is CN[C@H](Cc1ccccc1)C(=O)N[C@@H]1C(=O)N2C(CC[C@@H]1CCNC(N)=O)CC[C@H]2C(=O)NCCc1ccc(OC)cc1. The van der Waals surface area contributed by atoms with Crippen molar-refractivity contribution in [1.29, 1.82) is 0 Å². The maximum absolute atomic E-state index is 14.2. The number of urea groups is 1. The average Bonchev–Trinajstić information content (AvgIpc) is 3.40. The van der Waals surface area contributed by atoms with Gasteiger partial charge in [0, 0.05) is 19.1 Å². The molecule has 2 aromatic carbocycles. The number of rotatable bonds is 13. The highest BCUT2D eigenvalue weighted by molar-refractivity contribution is 5.94. The molecule has 0 saturated carbocycles. The van der Waals surface area contributed by atoms with Gasteiger partial charge in [0.1, 0.15) is 17.8 Å². The zero-order valence-electron chi connectivity index (χ0n) is 25.0. The molecule has 1 unspecified atom stereocenters. The molecule has 11 nitrogen and oxygen atoms in total. The zero-order chi connectivity index (χ0) is 30.8. The molecule has 0 aliphatic carbocycles. The van der Waals surface area contributed by atoms with E-state index in [-0.39, 0.29) is 29.7 Å². The van der Waals surface area contributed by atoms with Crippen molar-refractivity contribution >= 4 is 23.8 Å². The normalized spacial score (nSPS) is 22.2. The molecule has 43 heavy (non-hydrogen) atoms. The largest absolute Gasteiger partial charge is 0.497 e. The van der Waals surface area contributed by atoms with Crippen LogP contribution in [-0.2, 0) is 27.2 Å². The number of nitrogens with zero attached hydrogens (tertiary/aromatic N) is 1. The molecule has 0 bridgehead atoms. The Morgan fingerprint density at radius 2 is 1.67 bits per heavy atom. The summed E-state index contributed by atoms with van der Waals surface area (Å²) in [5, 5.41) is 11.7. The Labute approximate surface area is 253 Å². The quantitative estimate of drug-likeness (QED) is 0.238. The van der Waals surface area contributed by atoms with E-state index in [4.69, 9.17) is 10.5 Å². The second kappa shape index (κ2) is 15.4. The van der Waals surface area contributed by atoms with E-state index >= 15 is 0 Å². The van der Waals surface area contributed by atoms with E-state index in [1.807, 2.05) is 54.6 Å². The van der Waals surface area contributed by atoms with Crippen LogP contribution in [0.1, 0.15) is 43.2 Å². The monoisotopic (exact) mass is 592 g/mol. The van der Waals surface area contributed by atoms with Crippen molar-refractivity contribution in [3.8, 4) is 5.75 Å². The van der Waals surface area contributed by atoms with Crippen molar-refractivity contribution in [3.05, 3.63) is 65.7 Å². The summed E-state index contributed by atoms with van der Waals surface area (Å²) in [5.41, 5.74) is 7.34. The first kappa shape index (κ1) is 31.8. The Morgan fingerprint density at radius 3 is 2.35 bits per heavy atom. The molecule has 6 N–H and O–H groups in total. The lowest BCUT2D eigenvalue weighted by atomic mass is 9.90. The summed E-state index contributed by atoms with van der Waals surface area (Å²) in [6.07, 6.45) is 4.28. The van der Waals surface area contributed by atoms with Crippen molar-refractivity contribution in [2.75, 3.05) is 27.2 Å². The Bertz CT molecular complexity index is 1240. The predicted octanol–water partition coefficient (Wildman–Crippen LogP) is 1.50. The molecule has 2 aliphatic rings. The molecule has 5 amide bonds. The van der Waals surface area contributed by atoms with Crippen molar-refractivity contribution < 1.29 is 23.9 Å². The molecule has 232 valence electrons. The molecule has 5 atom stereocenters. The molecule has 2 fully saturated rings. The van der Waals surface area contributed by atoms with Crippen LogP contribution in [0.5, 0.6) is 5.75 Å². The van der Waals surface area contributed by atoms with Gasteiger partial charge in [0.05, 0.1) is 13.2 Å². The molecule has 0 spiro atoms. The molecule has 11 heteroatoms.